The molecule has 0 saturated heterocycles. The maximum Gasteiger partial charge on any atom is 0.213 e. The van der Waals surface area contributed by atoms with Crippen LogP contribution in [0.25, 0.3) is 0 Å². The minimum Gasteiger partial charge on any atom is -0.326 e. The van der Waals surface area contributed by atoms with Gasteiger partial charge in [0.15, 0.2) is 0 Å². The van der Waals surface area contributed by atoms with Gasteiger partial charge in [-0.15, -0.1) is 5.10 Å². The molecule has 0 aliphatic heterocycles. The lowest BCUT2D eigenvalue weighted by molar-refractivity contribution is 0.664. The summed E-state index contributed by atoms with van der Waals surface area (Å²) in [6.45, 7) is 0.537. The molecule has 1 aromatic carbocycles. The second-order valence-electron chi connectivity index (χ2n) is 3.16. The molecule has 1 heterocycles. The predicted molar refractivity (Wildman–Crippen MR) is 65.0 cm³/mol. The Bertz CT molecular complexity index is 498. The summed E-state index contributed by atoms with van der Waals surface area (Å²) in [5, 5.41) is 12.0. The highest BCUT2D eigenvalue weighted by atomic mass is 79.9. The smallest absolute Gasteiger partial charge is 0.213 e. The number of rotatable bonds is 3. The Hall–Kier alpha value is -0.920. The first-order valence-corrected chi connectivity index (χ1v) is 6.20. The van der Waals surface area contributed by atoms with Crippen LogP contribution in [0.1, 0.15) is 5.56 Å². The van der Waals surface area contributed by atoms with E-state index in [0.29, 0.717) is 6.54 Å². The van der Waals surface area contributed by atoms with E-state index in [-0.39, 0.29) is 0 Å². The summed E-state index contributed by atoms with van der Waals surface area (Å²) in [7, 11) is 1.81. The number of aromatic nitrogens is 4. The van der Waals surface area contributed by atoms with E-state index >= 15 is 0 Å². The first kappa shape index (κ1) is 11.6. The number of nitrogens with two attached hydrogens (primary N) is 1. The highest BCUT2D eigenvalue weighted by molar-refractivity contribution is 9.10. The molecule has 0 unspecified atom stereocenters. The highest BCUT2D eigenvalue weighted by Crippen LogP contribution is 2.32. The Kier molecular flexibility index (Phi) is 3.57. The maximum atomic E-state index is 5.56. The number of nitrogens with zero attached hydrogens (tertiary/aromatic N) is 4. The lowest BCUT2D eigenvalue weighted by Gasteiger charge is -2.04. The zero-order valence-corrected chi connectivity index (χ0v) is 11.0. The van der Waals surface area contributed by atoms with E-state index in [0.717, 1.165) is 20.1 Å². The van der Waals surface area contributed by atoms with Crippen molar-refractivity contribution in [3.8, 4) is 0 Å². The van der Waals surface area contributed by atoms with Crippen LogP contribution in [0.15, 0.2) is 32.7 Å². The monoisotopic (exact) mass is 299 g/mol. The molecule has 0 amide bonds. The standard InChI is InChI=1S/C9H10BrN5S/c1-15-9(12-13-14-15)16-8-3-2-6(5-11)4-7(8)10/h2-4H,5,11H2,1H3. The molecule has 0 spiro atoms. The van der Waals surface area contributed by atoms with Crippen molar-refractivity contribution in [2.45, 2.75) is 16.6 Å². The van der Waals surface area contributed by atoms with Gasteiger partial charge in [-0.05, 0) is 55.8 Å². The average molecular weight is 300 g/mol. The van der Waals surface area contributed by atoms with E-state index in [4.69, 9.17) is 5.73 Å². The van der Waals surface area contributed by atoms with Crippen molar-refractivity contribution in [1.29, 1.82) is 0 Å². The van der Waals surface area contributed by atoms with Gasteiger partial charge in [0.1, 0.15) is 0 Å². The Morgan fingerprint density at radius 3 is 2.88 bits per heavy atom. The third kappa shape index (κ3) is 2.42. The van der Waals surface area contributed by atoms with Crippen LogP contribution in [0.3, 0.4) is 0 Å². The summed E-state index contributed by atoms with van der Waals surface area (Å²) in [4.78, 5) is 1.06. The second kappa shape index (κ2) is 4.94. The average Bonchev–Trinajstić information content (AvgIpc) is 2.67. The van der Waals surface area contributed by atoms with E-state index < -0.39 is 0 Å². The van der Waals surface area contributed by atoms with Crippen LogP contribution < -0.4 is 5.73 Å². The van der Waals surface area contributed by atoms with Crippen molar-refractivity contribution in [3.63, 3.8) is 0 Å². The number of tetrazole rings is 1. The molecule has 2 aromatic rings. The van der Waals surface area contributed by atoms with Gasteiger partial charge in [0.25, 0.3) is 0 Å². The predicted octanol–water partition coefficient (Wildman–Crippen LogP) is 1.58. The van der Waals surface area contributed by atoms with E-state index in [2.05, 4.69) is 31.5 Å². The van der Waals surface area contributed by atoms with Crippen LogP contribution in [0.2, 0.25) is 0 Å². The zero-order valence-electron chi connectivity index (χ0n) is 8.59. The minimum atomic E-state index is 0.537. The lowest BCUT2D eigenvalue weighted by atomic mass is 10.2. The summed E-state index contributed by atoms with van der Waals surface area (Å²) in [6, 6.07) is 6.01. The molecule has 1 aromatic heterocycles. The number of benzene rings is 1. The largest absolute Gasteiger partial charge is 0.326 e. The molecule has 0 bridgehead atoms. The van der Waals surface area contributed by atoms with Gasteiger partial charge in [-0.25, -0.2) is 4.68 Å². The number of hydrogen-bond acceptors (Lipinski definition) is 5. The SMILES string of the molecule is Cn1nnnc1Sc1ccc(CN)cc1Br. The molecule has 0 fully saturated rings. The van der Waals surface area contributed by atoms with Gasteiger partial charge >= 0.3 is 0 Å². The molecule has 0 radical (unpaired) electrons. The summed E-state index contributed by atoms with van der Waals surface area (Å²) < 4.78 is 2.64. The summed E-state index contributed by atoms with van der Waals surface area (Å²) in [5.74, 6) is 0. The van der Waals surface area contributed by atoms with E-state index in [1.165, 1.54) is 11.8 Å². The topological polar surface area (TPSA) is 69.6 Å². The second-order valence-corrected chi connectivity index (χ2v) is 5.02. The van der Waals surface area contributed by atoms with Gasteiger partial charge in [-0.1, -0.05) is 6.07 Å². The molecular weight excluding hydrogens is 290 g/mol. The third-order valence-electron chi connectivity index (χ3n) is 2.01. The van der Waals surface area contributed by atoms with Crippen LogP contribution in [0.4, 0.5) is 0 Å². The minimum absolute atomic E-state index is 0.537. The van der Waals surface area contributed by atoms with Crippen molar-refractivity contribution in [3.05, 3.63) is 28.2 Å². The Morgan fingerprint density at radius 2 is 2.31 bits per heavy atom. The van der Waals surface area contributed by atoms with E-state index in [1.54, 1.807) is 4.68 Å². The van der Waals surface area contributed by atoms with Gasteiger partial charge in [0.2, 0.25) is 5.16 Å². The van der Waals surface area contributed by atoms with Gasteiger partial charge in [0.05, 0.1) is 0 Å². The van der Waals surface area contributed by atoms with Crippen LogP contribution >= 0.6 is 27.7 Å². The Balaban J connectivity index is 2.25. The molecule has 0 saturated carbocycles. The fraction of sp³-hybridized carbons (Fsp3) is 0.222. The van der Waals surface area contributed by atoms with Gasteiger partial charge in [-0.2, -0.15) is 0 Å². The van der Waals surface area contributed by atoms with Crippen molar-refractivity contribution < 1.29 is 0 Å². The molecule has 0 atom stereocenters. The summed E-state index contributed by atoms with van der Waals surface area (Å²) in [6.07, 6.45) is 0. The quantitative estimate of drug-likeness (QED) is 0.932. The normalized spacial score (nSPS) is 10.7. The van der Waals surface area contributed by atoms with Gasteiger partial charge in [0, 0.05) is 23.0 Å². The Labute approximate surface area is 106 Å². The van der Waals surface area contributed by atoms with Crippen molar-refractivity contribution >= 4 is 27.7 Å². The molecule has 0 aliphatic carbocycles. The molecule has 2 rings (SSSR count). The van der Waals surface area contributed by atoms with Crippen LogP contribution in [-0.4, -0.2) is 20.2 Å². The van der Waals surface area contributed by atoms with Crippen molar-refractivity contribution in [2.75, 3.05) is 0 Å². The maximum absolute atomic E-state index is 5.56. The van der Waals surface area contributed by atoms with E-state index in [9.17, 15) is 0 Å². The van der Waals surface area contributed by atoms with E-state index in [1.807, 2.05) is 25.2 Å². The third-order valence-corrected chi connectivity index (χ3v) is 4.04. The fourth-order valence-corrected chi connectivity index (χ4v) is 2.56. The summed E-state index contributed by atoms with van der Waals surface area (Å²) >= 11 is 5.01. The molecule has 16 heavy (non-hydrogen) atoms. The van der Waals surface area contributed by atoms with Gasteiger partial charge < -0.3 is 5.73 Å². The molecule has 7 heteroatoms. The first-order chi connectivity index (χ1) is 7.70. The molecule has 84 valence electrons. The number of hydrogen-bond donors (Lipinski definition) is 1. The highest BCUT2D eigenvalue weighted by Gasteiger charge is 2.08. The van der Waals surface area contributed by atoms with Crippen LogP contribution in [-0.2, 0) is 13.6 Å². The molecule has 5 nitrogen and oxygen atoms in total. The lowest BCUT2D eigenvalue weighted by Crippen LogP contribution is -1.96. The van der Waals surface area contributed by atoms with Crippen LogP contribution in [0.5, 0.6) is 0 Å². The molecule has 2 N–H and O–H groups in total. The first-order valence-electron chi connectivity index (χ1n) is 4.59. The molecular formula is C9H10BrN5S. The van der Waals surface area contributed by atoms with Crippen LogP contribution in [0, 0.1) is 0 Å². The van der Waals surface area contributed by atoms with Crippen molar-refractivity contribution in [2.24, 2.45) is 12.8 Å². The number of aryl methyl sites for hydroxylation is 1. The zero-order chi connectivity index (χ0) is 11.5. The summed E-state index contributed by atoms with van der Waals surface area (Å²) in [5.41, 5.74) is 6.65. The Morgan fingerprint density at radius 1 is 1.50 bits per heavy atom. The van der Waals surface area contributed by atoms with Crippen molar-refractivity contribution in [1.82, 2.24) is 20.2 Å². The van der Waals surface area contributed by atoms with Gasteiger partial charge in [-0.3, -0.25) is 0 Å². The molecule has 0 aliphatic rings. The fourth-order valence-electron chi connectivity index (χ4n) is 1.16. The number of halogens is 1.